The maximum atomic E-state index is 5.08. The standard InChI is InChI=1S/C11H16O2/c1-9-4-10(7-12-2)6-11(5-9)8-13-3/h4-6H,7-8H2,1-3H3. The van der Waals surface area contributed by atoms with Crippen LogP contribution in [0.1, 0.15) is 16.7 Å². The van der Waals surface area contributed by atoms with E-state index in [0.29, 0.717) is 13.2 Å². The molecule has 0 spiro atoms. The molecule has 0 aliphatic carbocycles. The van der Waals surface area contributed by atoms with E-state index in [4.69, 9.17) is 9.47 Å². The average Bonchev–Trinajstić information content (AvgIpc) is 2.04. The number of rotatable bonds is 4. The minimum atomic E-state index is 0.665. The van der Waals surface area contributed by atoms with E-state index in [9.17, 15) is 0 Å². The molecule has 2 nitrogen and oxygen atoms in total. The zero-order valence-electron chi connectivity index (χ0n) is 8.46. The second-order valence-electron chi connectivity index (χ2n) is 3.19. The first-order valence-electron chi connectivity index (χ1n) is 4.33. The molecule has 0 aliphatic rings. The van der Waals surface area contributed by atoms with Gasteiger partial charge in [0.1, 0.15) is 0 Å². The SMILES string of the molecule is COCc1cc(C)cc(COC)c1. The van der Waals surface area contributed by atoms with E-state index in [-0.39, 0.29) is 0 Å². The van der Waals surface area contributed by atoms with Crippen molar-refractivity contribution in [3.8, 4) is 0 Å². The Balaban J connectivity index is 2.83. The molecule has 0 heterocycles. The second-order valence-corrected chi connectivity index (χ2v) is 3.19. The highest BCUT2D eigenvalue weighted by molar-refractivity contribution is 5.28. The summed E-state index contributed by atoms with van der Waals surface area (Å²) in [5, 5.41) is 0. The zero-order valence-corrected chi connectivity index (χ0v) is 8.46. The molecular formula is C11H16O2. The third-order valence-electron chi connectivity index (χ3n) is 1.82. The van der Waals surface area contributed by atoms with Crippen molar-refractivity contribution < 1.29 is 9.47 Å². The largest absolute Gasteiger partial charge is 0.380 e. The molecule has 0 fully saturated rings. The summed E-state index contributed by atoms with van der Waals surface area (Å²) in [6.07, 6.45) is 0. The number of benzene rings is 1. The van der Waals surface area contributed by atoms with Crippen molar-refractivity contribution in [1.82, 2.24) is 0 Å². The van der Waals surface area contributed by atoms with Crippen molar-refractivity contribution >= 4 is 0 Å². The van der Waals surface area contributed by atoms with Crippen molar-refractivity contribution in [1.29, 1.82) is 0 Å². The average molecular weight is 180 g/mol. The van der Waals surface area contributed by atoms with Crippen molar-refractivity contribution in [2.45, 2.75) is 20.1 Å². The summed E-state index contributed by atoms with van der Waals surface area (Å²) < 4.78 is 10.2. The molecule has 0 bridgehead atoms. The summed E-state index contributed by atoms with van der Waals surface area (Å²) >= 11 is 0. The molecule has 0 unspecified atom stereocenters. The van der Waals surface area contributed by atoms with Crippen molar-refractivity contribution in [3.63, 3.8) is 0 Å². The van der Waals surface area contributed by atoms with Gasteiger partial charge in [0.2, 0.25) is 0 Å². The third-order valence-corrected chi connectivity index (χ3v) is 1.82. The molecule has 0 radical (unpaired) electrons. The summed E-state index contributed by atoms with van der Waals surface area (Å²) in [4.78, 5) is 0. The summed E-state index contributed by atoms with van der Waals surface area (Å²) in [7, 11) is 3.41. The van der Waals surface area contributed by atoms with Crippen LogP contribution in [0.25, 0.3) is 0 Å². The van der Waals surface area contributed by atoms with Crippen LogP contribution in [-0.4, -0.2) is 14.2 Å². The van der Waals surface area contributed by atoms with Gasteiger partial charge in [0, 0.05) is 14.2 Å². The Bertz CT molecular complexity index is 245. The fourth-order valence-corrected chi connectivity index (χ4v) is 1.45. The van der Waals surface area contributed by atoms with Gasteiger partial charge in [-0.2, -0.15) is 0 Å². The smallest absolute Gasteiger partial charge is 0.0713 e. The molecule has 0 amide bonds. The van der Waals surface area contributed by atoms with Gasteiger partial charge in [0.05, 0.1) is 13.2 Å². The first kappa shape index (κ1) is 10.2. The molecule has 0 saturated heterocycles. The van der Waals surface area contributed by atoms with E-state index in [2.05, 4.69) is 25.1 Å². The van der Waals surface area contributed by atoms with E-state index in [1.54, 1.807) is 14.2 Å². The number of methoxy groups -OCH3 is 2. The molecule has 1 aromatic carbocycles. The van der Waals surface area contributed by atoms with Gasteiger partial charge in [0.25, 0.3) is 0 Å². The number of hydrogen-bond donors (Lipinski definition) is 0. The highest BCUT2D eigenvalue weighted by atomic mass is 16.5. The van der Waals surface area contributed by atoms with Crippen LogP contribution in [0.3, 0.4) is 0 Å². The zero-order chi connectivity index (χ0) is 9.68. The van der Waals surface area contributed by atoms with Crippen LogP contribution in [0.4, 0.5) is 0 Å². The predicted octanol–water partition coefficient (Wildman–Crippen LogP) is 2.29. The van der Waals surface area contributed by atoms with E-state index in [1.165, 1.54) is 16.7 Å². The molecule has 0 aromatic heterocycles. The minimum Gasteiger partial charge on any atom is -0.380 e. The summed E-state index contributed by atoms with van der Waals surface area (Å²) in [6, 6.07) is 6.37. The van der Waals surface area contributed by atoms with Crippen molar-refractivity contribution in [2.24, 2.45) is 0 Å². The Morgan fingerprint density at radius 2 is 1.38 bits per heavy atom. The Hall–Kier alpha value is -0.860. The Kier molecular flexibility index (Phi) is 3.93. The second kappa shape index (κ2) is 5.00. The van der Waals surface area contributed by atoms with Gasteiger partial charge in [-0.3, -0.25) is 0 Å². The molecule has 2 heteroatoms. The van der Waals surface area contributed by atoms with Crippen LogP contribution in [0.15, 0.2) is 18.2 Å². The van der Waals surface area contributed by atoms with Crippen LogP contribution in [-0.2, 0) is 22.7 Å². The lowest BCUT2D eigenvalue weighted by Gasteiger charge is -2.05. The number of ether oxygens (including phenoxy) is 2. The minimum absolute atomic E-state index is 0.665. The van der Waals surface area contributed by atoms with Crippen molar-refractivity contribution in [2.75, 3.05) is 14.2 Å². The van der Waals surface area contributed by atoms with Gasteiger partial charge in [-0.05, 0) is 18.1 Å². The highest BCUT2D eigenvalue weighted by Gasteiger charge is 1.97. The van der Waals surface area contributed by atoms with Crippen LogP contribution >= 0.6 is 0 Å². The lowest BCUT2D eigenvalue weighted by atomic mass is 10.1. The fourth-order valence-electron chi connectivity index (χ4n) is 1.45. The Morgan fingerprint density at radius 1 is 0.923 bits per heavy atom. The topological polar surface area (TPSA) is 18.5 Å². The van der Waals surface area contributed by atoms with E-state index in [1.807, 2.05) is 0 Å². The predicted molar refractivity (Wildman–Crippen MR) is 52.6 cm³/mol. The first-order chi connectivity index (χ1) is 6.26. The Labute approximate surface area is 79.5 Å². The lowest BCUT2D eigenvalue weighted by Crippen LogP contribution is -1.93. The van der Waals surface area contributed by atoms with Gasteiger partial charge < -0.3 is 9.47 Å². The molecular weight excluding hydrogens is 164 g/mol. The van der Waals surface area contributed by atoms with Crippen molar-refractivity contribution in [3.05, 3.63) is 34.9 Å². The van der Waals surface area contributed by atoms with Gasteiger partial charge >= 0.3 is 0 Å². The molecule has 0 N–H and O–H groups in total. The summed E-state index contributed by atoms with van der Waals surface area (Å²) in [5.41, 5.74) is 3.66. The van der Waals surface area contributed by atoms with Crippen LogP contribution in [0.5, 0.6) is 0 Å². The summed E-state index contributed by atoms with van der Waals surface area (Å²) in [6.45, 7) is 3.41. The third kappa shape index (κ3) is 3.17. The maximum absolute atomic E-state index is 5.08. The fraction of sp³-hybridized carbons (Fsp3) is 0.455. The van der Waals surface area contributed by atoms with Gasteiger partial charge in [0.15, 0.2) is 0 Å². The maximum Gasteiger partial charge on any atom is 0.0713 e. The number of aryl methyl sites for hydroxylation is 1. The molecule has 1 rings (SSSR count). The van der Waals surface area contributed by atoms with E-state index >= 15 is 0 Å². The van der Waals surface area contributed by atoms with Gasteiger partial charge in [-0.25, -0.2) is 0 Å². The van der Waals surface area contributed by atoms with Crippen LogP contribution in [0, 0.1) is 6.92 Å². The molecule has 1 aromatic rings. The van der Waals surface area contributed by atoms with E-state index in [0.717, 1.165) is 0 Å². The molecule has 0 aliphatic heterocycles. The Morgan fingerprint density at radius 3 is 1.77 bits per heavy atom. The molecule has 0 saturated carbocycles. The first-order valence-corrected chi connectivity index (χ1v) is 4.33. The number of hydrogen-bond acceptors (Lipinski definition) is 2. The molecule has 13 heavy (non-hydrogen) atoms. The monoisotopic (exact) mass is 180 g/mol. The molecule has 72 valence electrons. The van der Waals surface area contributed by atoms with E-state index < -0.39 is 0 Å². The normalized spacial score (nSPS) is 10.4. The van der Waals surface area contributed by atoms with Crippen LogP contribution < -0.4 is 0 Å². The highest BCUT2D eigenvalue weighted by Crippen LogP contribution is 2.11. The molecule has 0 atom stereocenters. The summed E-state index contributed by atoms with van der Waals surface area (Å²) in [5.74, 6) is 0. The quantitative estimate of drug-likeness (QED) is 0.707. The van der Waals surface area contributed by atoms with Crippen LogP contribution in [0.2, 0.25) is 0 Å². The lowest BCUT2D eigenvalue weighted by molar-refractivity contribution is 0.180. The van der Waals surface area contributed by atoms with Gasteiger partial charge in [-0.15, -0.1) is 0 Å². The van der Waals surface area contributed by atoms with Gasteiger partial charge in [-0.1, -0.05) is 23.8 Å².